The van der Waals surface area contributed by atoms with Gasteiger partial charge in [-0.05, 0) is 18.1 Å². The van der Waals surface area contributed by atoms with E-state index < -0.39 is 6.04 Å². The summed E-state index contributed by atoms with van der Waals surface area (Å²) in [5, 5.41) is 5.67. The first-order valence-electron chi connectivity index (χ1n) is 9.19. The average Bonchev–Trinajstić information content (AvgIpc) is 2.67. The molecule has 2 aromatic rings. The zero-order valence-electron chi connectivity index (χ0n) is 15.2. The minimum Gasteiger partial charge on any atom is -0.356 e. The predicted octanol–water partition coefficient (Wildman–Crippen LogP) is 1.88. The zero-order chi connectivity index (χ0) is 19.1. The molecule has 2 aromatic carbocycles. The van der Waals surface area contributed by atoms with Crippen LogP contribution in [0.15, 0.2) is 54.6 Å². The summed E-state index contributed by atoms with van der Waals surface area (Å²) in [5.74, 6) is -0.656. The molecule has 2 N–H and O–H groups in total. The lowest BCUT2D eigenvalue weighted by Crippen LogP contribution is -2.56. The highest BCUT2D eigenvalue weighted by atomic mass is 19.1. The van der Waals surface area contributed by atoms with Crippen LogP contribution >= 0.6 is 0 Å². The molecule has 1 atom stereocenters. The fourth-order valence-electron chi connectivity index (χ4n) is 3.26. The first-order chi connectivity index (χ1) is 13.1. The first-order valence-corrected chi connectivity index (χ1v) is 9.19. The van der Waals surface area contributed by atoms with Gasteiger partial charge in [0.2, 0.25) is 11.8 Å². The van der Waals surface area contributed by atoms with Gasteiger partial charge in [-0.1, -0.05) is 48.5 Å². The van der Waals surface area contributed by atoms with Gasteiger partial charge < -0.3 is 10.6 Å². The summed E-state index contributed by atoms with van der Waals surface area (Å²) in [5.41, 5.74) is 1.68. The summed E-state index contributed by atoms with van der Waals surface area (Å²) < 4.78 is 14.0. The van der Waals surface area contributed by atoms with Crippen LogP contribution in [0.25, 0.3) is 0 Å². The van der Waals surface area contributed by atoms with Crippen LogP contribution in [0.4, 0.5) is 4.39 Å². The van der Waals surface area contributed by atoms with Gasteiger partial charge in [0, 0.05) is 31.7 Å². The van der Waals surface area contributed by atoms with E-state index in [4.69, 9.17) is 0 Å². The number of carbonyl (C=O) groups is 2. The van der Waals surface area contributed by atoms with Crippen molar-refractivity contribution < 1.29 is 14.0 Å². The van der Waals surface area contributed by atoms with Crippen molar-refractivity contribution in [3.05, 3.63) is 71.5 Å². The smallest absolute Gasteiger partial charge is 0.237 e. The largest absolute Gasteiger partial charge is 0.356 e. The highest BCUT2D eigenvalue weighted by molar-refractivity contribution is 5.88. The molecule has 0 aromatic heterocycles. The summed E-state index contributed by atoms with van der Waals surface area (Å²) in [6.07, 6.45) is 0.803. The van der Waals surface area contributed by atoms with Crippen molar-refractivity contribution in [2.75, 3.05) is 19.6 Å². The maximum atomic E-state index is 14.0. The van der Waals surface area contributed by atoms with Crippen LogP contribution < -0.4 is 10.6 Å². The summed E-state index contributed by atoms with van der Waals surface area (Å²) in [7, 11) is 0. The number of halogens is 1. The molecule has 5 nitrogen and oxygen atoms in total. The van der Waals surface area contributed by atoms with Crippen molar-refractivity contribution >= 4 is 11.8 Å². The van der Waals surface area contributed by atoms with Gasteiger partial charge in [-0.2, -0.15) is 0 Å². The fraction of sp³-hybridized carbons (Fsp3) is 0.333. The molecular weight excluding hydrogens is 345 g/mol. The Kier molecular flexibility index (Phi) is 6.54. The van der Waals surface area contributed by atoms with E-state index in [2.05, 4.69) is 10.6 Å². The van der Waals surface area contributed by atoms with Crippen molar-refractivity contribution in [2.45, 2.75) is 25.4 Å². The van der Waals surface area contributed by atoms with E-state index in [9.17, 15) is 14.0 Å². The van der Waals surface area contributed by atoms with Crippen LogP contribution in [0.5, 0.6) is 0 Å². The molecule has 0 spiro atoms. The molecule has 1 aliphatic rings. The molecule has 6 heteroatoms. The molecule has 0 radical (unpaired) electrons. The highest BCUT2D eigenvalue weighted by Gasteiger charge is 2.31. The van der Waals surface area contributed by atoms with Gasteiger partial charge in [0.05, 0.1) is 12.5 Å². The Bertz CT molecular complexity index is 782. The maximum Gasteiger partial charge on any atom is 0.237 e. The number of carbonyl (C=O) groups excluding carboxylic acids is 2. The van der Waals surface area contributed by atoms with Gasteiger partial charge in [0.1, 0.15) is 5.82 Å². The van der Waals surface area contributed by atoms with Crippen LogP contribution in [0.1, 0.15) is 17.5 Å². The van der Waals surface area contributed by atoms with Gasteiger partial charge in [-0.25, -0.2) is 4.39 Å². The molecule has 3 rings (SSSR count). The predicted molar refractivity (Wildman–Crippen MR) is 101 cm³/mol. The maximum absolute atomic E-state index is 14.0. The van der Waals surface area contributed by atoms with E-state index in [0.29, 0.717) is 31.7 Å². The van der Waals surface area contributed by atoms with E-state index in [0.717, 1.165) is 12.0 Å². The van der Waals surface area contributed by atoms with E-state index in [1.807, 2.05) is 35.2 Å². The fourth-order valence-corrected chi connectivity index (χ4v) is 3.26. The molecule has 1 saturated heterocycles. The van der Waals surface area contributed by atoms with Crippen molar-refractivity contribution in [3.63, 3.8) is 0 Å². The Morgan fingerprint density at radius 1 is 1.15 bits per heavy atom. The average molecular weight is 369 g/mol. The topological polar surface area (TPSA) is 61.4 Å². The van der Waals surface area contributed by atoms with Crippen LogP contribution in [0.2, 0.25) is 0 Å². The van der Waals surface area contributed by atoms with Crippen LogP contribution in [0.3, 0.4) is 0 Å². The molecule has 0 aliphatic carbocycles. The summed E-state index contributed by atoms with van der Waals surface area (Å²) in [6.45, 7) is 1.91. The van der Waals surface area contributed by atoms with Crippen molar-refractivity contribution in [2.24, 2.45) is 0 Å². The molecule has 0 saturated carbocycles. The molecule has 1 heterocycles. The lowest BCUT2D eigenvalue weighted by atomic mass is 10.1. The highest BCUT2D eigenvalue weighted by Crippen LogP contribution is 2.16. The molecule has 0 bridgehead atoms. The monoisotopic (exact) mass is 369 g/mol. The number of hydrogen-bond acceptors (Lipinski definition) is 3. The summed E-state index contributed by atoms with van der Waals surface area (Å²) >= 11 is 0. The minimum atomic E-state index is -0.588. The van der Waals surface area contributed by atoms with Gasteiger partial charge >= 0.3 is 0 Å². The Morgan fingerprint density at radius 3 is 2.67 bits per heavy atom. The lowest BCUT2D eigenvalue weighted by Gasteiger charge is -2.34. The number of nitrogens with zero attached hydrogens (tertiary/aromatic N) is 1. The van der Waals surface area contributed by atoms with E-state index >= 15 is 0 Å². The third-order valence-electron chi connectivity index (χ3n) is 4.73. The van der Waals surface area contributed by atoms with Crippen LogP contribution in [0, 0.1) is 5.82 Å². The lowest BCUT2D eigenvalue weighted by molar-refractivity contribution is -0.134. The zero-order valence-corrected chi connectivity index (χ0v) is 15.2. The second kappa shape index (κ2) is 9.28. The third-order valence-corrected chi connectivity index (χ3v) is 4.73. The molecular formula is C21H24FN3O2. The Balaban J connectivity index is 1.55. The van der Waals surface area contributed by atoms with Gasteiger partial charge in [0.15, 0.2) is 0 Å². The molecule has 1 fully saturated rings. The van der Waals surface area contributed by atoms with Gasteiger partial charge in [0.25, 0.3) is 0 Å². The third kappa shape index (κ3) is 5.37. The number of benzene rings is 2. The van der Waals surface area contributed by atoms with Crippen LogP contribution in [-0.2, 0) is 22.6 Å². The quantitative estimate of drug-likeness (QED) is 0.783. The second-order valence-electron chi connectivity index (χ2n) is 6.66. The number of rotatable bonds is 7. The Hall–Kier alpha value is -2.73. The van der Waals surface area contributed by atoms with E-state index in [1.165, 1.54) is 6.07 Å². The molecule has 27 heavy (non-hydrogen) atoms. The standard InChI is InChI=1S/C21H24FN3O2/c22-18-9-5-4-8-17(18)15-25-13-12-24-21(27)19(25)14-20(26)23-11-10-16-6-2-1-3-7-16/h1-9,19H,10-15H2,(H,23,26)(H,24,27)/t19-/m0/s1. The number of hydrogen-bond donors (Lipinski definition) is 2. The first kappa shape index (κ1) is 19.0. The van der Waals surface area contributed by atoms with Crippen molar-refractivity contribution in [1.29, 1.82) is 0 Å². The SMILES string of the molecule is O=C(C[C@H]1C(=O)NCCN1Cc1ccccc1F)NCCc1ccccc1. The van der Waals surface area contributed by atoms with Gasteiger partial charge in [-0.15, -0.1) is 0 Å². The molecule has 142 valence electrons. The van der Waals surface area contributed by atoms with E-state index in [-0.39, 0.29) is 24.1 Å². The Labute approximate surface area is 158 Å². The van der Waals surface area contributed by atoms with E-state index in [1.54, 1.807) is 18.2 Å². The molecule has 0 unspecified atom stereocenters. The normalized spacial score (nSPS) is 17.4. The minimum absolute atomic E-state index is 0.0646. The number of nitrogens with one attached hydrogen (secondary N) is 2. The van der Waals surface area contributed by atoms with Crippen molar-refractivity contribution in [3.8, 4) is 0 Å². The second-order valence-corrected chi connectivity index (χ2v) is 6.66. The van der Waals surface area contributed by atoms with Gasteiger partial charge in [-0.3, -0.25) is 14.5 Å². The Morgan fingerprint density at radius 2 is 1.89 bits per heavy atom. The molecule has 2 amide bonds. The number of piperazine rings is 1. The summed E-state index contributed by atoms with van der Waals surface area (Å²) in [4.78, 5) is 26.5. The number of amides is 2. The summed E-state index contributed by atoms with van der Waals surface area (Å²) in [6, 6.07) is 15.8. The molecule has 1 aliphatic heterocycles. The van der Waals surface area contributed by atoms with Crippen LogP contribution in [-0.4, -0.2) is 42.4 Å². The van der Waals surface area contributed by atoms with Crippen molar-refractivity contribution in [1.82, 2.24) is 15.5 Å².